The summed E-state index contributed by atoms with van der Waals surface area (Å²) >= 11 is 0. The maximum absolute atomic E-state index is 12.2. The zero-order chi connectivity index (χ0) is 25.7. The van der Waals surface area contributed by atoms with Gasteiger partial charge in [-0.25, -0.2) is 14.5 Å². The van der Waals surface area contributed by atoms with E-state index in [9.17, 15) is 9.90 Å². The second kappa shape index (κ2) is 9.65. The molecule has 1 aliphatic carbocycles. The van der Waals surface area contributed by atoms with E-state index < -0.39 is 5.97 Å². The van der Waals surface area contributed by atoms with Crippen LogP contribution in [0.15, 0.2) is 36.4 Å². The fourth-order valence-corrected chi connectivity index (χ4v) is 6.81. The van der Waals surface area contributed by atoms with Crippen LogP contribution in [-0.2, 0) is 4.74 Å². The molecule has 0 radical (unpaired) electrons. The van der Waals surface area contributed by atoms with Crippen molar-refractivity contribution in [2.24, 2.45) is 11.3 Å². The molecule has 8 heteroatoms. The van der Waals surface area contributed by atoms with Crippen LogP contribution >= 0.6 is 0 Å². The number of carboxylic acids is 1. The van der Waals surface area contributed by atoms with E-state index in [1.807, 2.05) is 35.0 Å². The van der Waals surface area contributed by atoms with Gasteiger partial charge < -0.3 is 19.6 Å². The Labute approximate surface area is 223 Å². The van der Waals surface area contributed by atoms with Crippen LogP contribution in [0.1, 0.15) is 67.0 Å². The summed E-state index contributed by atoms with van der Waals surface area (Å²) in [6.45, 7) is 7.36. The third kappa shape index (κ3) is 4.28. The van der Waals surface area contributed by atoms with E-state index in [0.29, 0.717) is 22.9 Å². The number of carboxylic acid groups (broad SMARTS) is 1. The summed E-state index contributed by atoms with van der Waals surface area (Å²) in [5, 5.41) is 16.1. The van der Waals surface area contributed by atoms with E-state index in [1.54, 1.807) is 6.07 Å². The summed E-state index contributed by atoms with van der Waals surface area (Å²) in [4.78, 5) is 21.9. The minimum Gasteiger partial charge on any atom is -0.477 e. The van der Waals surface area contributed by atoms with Gasteiger partial charge in [0.15, 0.2) is 11.3 Å². The summed E-state index contributed by atoms with van der Waals surface area (Å²) < 4.78 is 7.36. The molecule has 7 rings (SSSR count). The first-order chi connectivity index (χ1) is 18.6. The van der Waals surface area contributed by atoms with E-state index in [0.717, 1.165) is 74.4 Å². The van der Waals surface area contributed by atoms with Crippen LogP contribution in [0.25, 0.3) is 16.7 Å². The lowest BCUT2D eigenvalue weighted by atomic mass is 9.76. The van der Waals surface area contributed by atoms with Crippen molar-refractivity contribution in [1.82, 2.24) is 19.7 Å². The van der Waals surface area contributed by atoms with Gasteiger partial charge in [0.25, 0.3) is 0 Å². The molecule has 3 aliphatic heterocycles. The van der Waals surface area contributed by atoms with Gasteiger partial charge in [-0.1, -0.05) is 24.6 Å². The van der Waals surface area contributed by atoms with Gasteiger partial charge in [0, 0.05) is 31.0 Å². The largest absolute Gasteiger partial charge is 0.477 e. The van der Waals surface area contributed by atoms with Crippen LogP contribution in [0.3, 0.4) is 0 Å². The number of rotatable bonds is 6. The zero-order valence-electron chi connectivity index (χ0n) is 22.0. The maximum Gasteiger partial charge on any atom is 0.354 e. The number of anilines is 1. The lowest BCUT2D eigenvalue weighted by molar-refractivity contribution is -0.140. The van der Waals surface area contributed by atoms with Crippen molar-refractivity contribution in [2.45, 2.75) is 50.9 Å². The van der Waals surface area contributed by atoms with E-state index in [1.165, 1.54) is 38.9 Å². The van der Waals surface area contributed by atoms with Crippen molar-refractivity contribution in [1.29, 1.82) is 0 Å². The van der Waals surface area contributed by atoms with Crippen molar-refractivity contribution in [3.63, 3.8) is 0 Å². The maximum atomic E-state index is 12.2. The Balaban J connectivity index is 1.16. The minimum atomic E-state index is -0.992. The van der Waals surface area contributed by atoms with Gasteiger partial charge in [0.05, 0.1) is 35.7 Å². The molecule has 0 unspecified atom stereocenters. The Bertz CT molecular complexity index is 1310. The monoisotopic (exact) mass is 515 g/mol. The number of carbonyl (C=O) groups is 1. The Morgan fingerprint density at radius 1 is 1.03 bits per heavy atom. The van der Waals surface area contributed by atoms with Crippen molar-refractivity contribution >= 4 is 22.7 Å². The lowest BCUT2D eigenvalue weighted by Gasteiger charge is -2.48. The molecule has 8 nitrogen and oxygen atoms in total. The van der Waals surface area contributed by atoms with Gasteiger partial charge in [-0.3, -0.25) is 0 Å². The Morgan fingerprint density at radius 3 is 2.37 bits per heavy atom. The number of aromatic nitrogens is 3. The molecule has 0 atom stereocenters. The number of pyridine rings is 1. The summed E-state index contributed by atoms with van der Waals surface area (Å²) in [5.41, 5.74) is 4.24. The Hall–Kier alpha value is -2.97. The molecule has 0 amide bonds. The van der Waals surface area contributed by atoms with Gasteiger partial charge >= 0.3 is 5.97 Å². The topological polar surface area (TPSA) is 83.7 Å². The van der Waals surface area contributed by atoms with Gasteiger partial charge in [0.1, 0.15) is 0 Å². The molecule has 1 saturated carbocycles. The third-order valence-corrected chi connectivity index (χ3v) is 9.56. The first kappa shape index (κ1) is 24.1. The normalized spacial score (nSPS) is 22.5. The molecule has 4 aliphatic rings. The minimum absolute atomic E-state index is 0.0917. The van der Waals surface area contributed by atoms with Crippen molar-refractivity contribution in [3.05, 3.63) is 47.8 Å². The Morgan fingerprint density at radius 2 is 1.76 bits per heavy atom. The summed E-state index contributed by atoms with van der Waals surface area (Å²) in [5.74, 6) is 0.112. The number of fused-ring (bicyclic) bond motifs is 1. The average molecular weight is 516 g/mol. The highest BCUT2D eigenvalue weighted by atomic mass is 16.5. The first-order valence-corrected chi connectivity index (χ1v) is 14.4. The number of para-hydroxylation sites is 1. The number of nitrogens with zero attached hydrogens (tertiary/aromatic N) is 5. The molecule has 38 heavy (non-hydrogen) atoms. The molecule has 1 aromatic carbocycles. The average Bonchev–Trinajstić information content (AvgIpc) is 3.27. The number of hydrogen-bond acceptors (Lipinski definition) is 6. The first-order valence-electron chi connectivity index (χ1n) is 14.4. The van der Waals surface area contributed by atoms with Crippen molar-refractivity contribution < 1.29 is 14.6 Å². The number of benzene rings is 1. The predicted molar refractivity (Wildman–Crippen MR) is 146 cm³/mol. The number of hydrogen-bond donors (Lipinski definition) is 1. The van der Waals surface area contributed by atoms with Crippen molar-refractivity contribution in [3.8, 4) is 5.69 Å². The fourth-order valence-electron chi connectivity index (χ4n) is 6.81. The molecular formula is C30H37N5O3. The lowest BCUT2D eigenvalue weighted by Crippen LogP contribution is -2.51. The van der Waals surface area contributed by atoms with Gasteiger partial charge in [-0.05, 0) is 75.7 Å². The van der Waals surface area contributed by atoms with Crippen LogP contribution in [0.4, 0.5) is 5.69 Å². The highest BCUT2D eigenvalue weighted by Gasteiger charge is 2.41. The predicted octanol–water partition coefficient (Wildman–Crippen LogP) is 4.72. The SMILES string of the molecule is O=C(O)c1cc(N2CCC(CN3CCC4(CC3)COC4)CC2)c2c(C3CCC3)nn(-c3ccccc3)c2n1. The zero-order valence-corrected chi connectivity index (χ0v) is 22.0. The number of ether oxygens (including phenoxy) is 1. The van der Waals surface area contributed by atoms with Crippen molar-refractivity contribution in [2.75, 3.05) is 50.8 Å². The van der Waals surface area contributed by atoms with E-state index in [-0.39, 0.29) is 5.69 Å². The molecule has 2 aromatic heterocycles. The van der Waals surface area contributed by atoms with Crippen LogP contribution in [-0.4, -0.2) is 76.7 Å². The molecule has 4 fully saturated rings. The van der Waals surface area contributed by atoms with Gasteiger partial charge in [0.2, 0.25) is 0 Å². The second-order valence-corrected chi connectivity index (χ2v) is 12.0. The molecule has 1 spiro atoms. The van der Waals surface area contributed by atoms with E-state index in [2.05, 4.69) is 14.8 Å². The molecule has 1 N–H and O–H groups in total. The van der Waals surface area contributed by atoms with Crippen LogP contribution < -0.4 is 4.90 Å². The van der Waals surface area contributed by atoms with Gasteiger partial charge in [-0.2, -0.15) is 5.10 Å². The van der Waals surface area contributed by atoms with Crippen LogP contribution in [0.2, 0.25) is 0 Å². The summed E-state index contributed by atoms with van der Waals surface area (Å²) in [6, 6.07) is 11.8. The number of likely N-dealkylation sites (tertiary alicyclic amines) is 1. The molecular weight excluding hydrogens is 478 g/mol. The molecule has 3 saturated heterocycles. The van der Waals surface area contributed by atoms with Crippen LogP contribution in [0.5, 0.6) is 0 Å². The third-order valence-electron chi connectivity index (χ3n) is 9.56. The van der Waals surface area contributed by atoms with Gasteiger partial charge in [-0.15, -0.1) is 0 Å². The summed E-state index contributed by atoms with van der Waals surface area (Å²) in [6.07, 6.45) is 8.28. The molecule has 3 aromatic rings. The number of piperidine rings is 2. The highest BCUT2D eigenvalue weighted by molar-refractivity contribution is 5.98. The molecule has 0 bridgehead atoms. The summed E-state index contributed by atoms with van der Waals surface area (Å²) in [7, 11) is 0. The standard InChI is InChI=1S/C30H37N5O3/c36-29(37)24-17-25(34-13-9-21(10-14-34)18-33-15-11-30(12-16-33)19-38-20-30)26-27(22-5-4-6-22)32-35(28(26)31-24)23-7-2-1-3-8-23/h1-3,7-8,17,21-22H,4-6,9-16,18-20H2,(H,36,37). The smallest absolute Gasteiger partial charge is 0.354 e. The Kier molecular flexibility index (Phi) is 6.12. The highest BCUT2D eigenvalue weighted by Crippen LogP contribution is 2.43. The number of aromatic carboxylic acids is 1. The molecule has 200 valence electrons. The van der Waals surface area contributed by atoms with E-state index in [4.69, 9.17) is 9.84 Å². The quantitative estimate of drug-likeness (QED) is 0.509. The fraction of sp³-hybridized carbons (Fsp3) is 0.567. The molecule has 5 heterocycles. The second-order valence-electron chi connectivity index (χ2n) is 12.0. The van der Waals surface area contributed by atoms with Crippen LogP contribution in [0, 0.1) is 11.3 Å². The van der Waals surface area contributed by atoms with E-state index >= 15 is 0 Å².